The molecule has 2 nitrogen and oxygen atoms in total. The van der Waals surface area contributed by atoms with Crippen LogP contribution in [0.2, 0.25) is 0 Å². The predicted molar refractivity (Wildman–Crippen MR) is 31.5 cm³/mol. The number of hydrogen-bond donors (Lipinski definition) is 0. The van der Waals surface area contributed by atoms with Crippen LogP contribution in [0.25, 0.3) is 5.53 Å². The zero-order valence-electron chi connectivity index (χ0n) is 4.62. The summed E-state index contributed by atoms with van der Waals surface area (Å²) < 4.78 is 0. The van der Waals surface area contributed by atoms with Crippen molar-refractivity contribution >= 4 is 6.21 Å². The monoisotopic (exact) mass is 108 g/mol. The van der Waals surface area contributed by atoms with Crippen LogP contribution in [0.3, 0.4) is 0 Å². The molecule has 0 bridgehead atoms. The maximum Gasteiger partial charge on any atom is 0.264 e. The second kappa shape index (κ2) is 2.43. The van der Waals surface area contributed by atoms with Crippen molar-refractivity contribution in [1.82, 2.24) is 0 Å². The molecule has 8 heavy (non-hydrogen) atoms. The molecule has 0 radical (unpaired) electrons. The molecule has 0 aliphatic heterocycles. The van der Waals surface area contributed by atoms with E-state index in [0.29, 0.717) is 5.92 Å². The molecule has 0 fully saturated rings. The van der Waals surface area contributed by atoms with E-state index in [1.165, 1.54) is 0 Å². The van der Waals surface area contributed by atoms with E-state index >= 15 is 0 Å². The second-order valence-corrected chi connectivity index (χ2v) is 1.93. The Hall–Kier alpha value is -0.880. The van der Waals surface area contributed by atoms with E-state index in [4.69, 9.17) is 5.53 Å². The summed E-state index contributed by atoms with van der Waals surface area (Å²) in [7, 11) is 0. The first-order chi connectivity index (χ1) is 3.93. The predicted octanol–water partition coefficient (Wildman–Crippen LogP) is 1.25. The van der Waals surface area contributed by atoms with Crippen molar-refractivity contribution in [2.45, 2.75) is 12.8 Å². The molecule has 0 heterocycles. The van der Waals surface area contributed by atoms with Crippen LogP contribution in [0.1, 0.15) is 12.8 Å². The zero-order valence-corrected chi connectivity index (χ0v) is 4.62. The van der Waals surface area contributed by atoms with E-state index in [1.54, 1.807) is 6.21 Å². The molecular formula is C6H8N2. The summed E-state index contributed by atoms with van der Waals surface area (Å²) in [5.74, 6) is 0.389. The lowest BCUT2D eigenvalue weighted by Crippen LogP contribution is -1.91. The summed E-state index contributed by atoms with van der Waals surface area (Å²) >= 11 is 0. The molecule has 1 aliphatic carbocycles. The molecule has 0 saturated carbocycles. The van der Waals surface area contributed by atoms with E-state index < -0.39 is 0 Å². The van der Waals surface area contributed by atoms with Crippen molar-refractivity contribution in [2.75, 3.05) is 0 Å². The molecule has 1 rings (SSSR count). The molecule has 1 aliphatic rings. The molecule has 0 amide bonds. The lowest BCUT2D eigenvalue weighted by atomic mass is 10.1. The highest BCUT2D eigenvalue weighted by molar-refractivity contribution is 5.57. The van der Waals surface area contributed by atoms with Crippen LogP contribution < -0.4 is 0 Å². The summed E-state index contributed by atoms with van der Waals surface area (Å²) in [6.07, 6.45) is 7.94. The van der Waals surface area contributed by atoms with Crippen molar-refractivity contribution < 1.29 is 4.79 Å². The molecule has 1 unspecified atom stereocenters. The Morgan fingerprint density at radius 1 is 1.75 bits per heavy atom. The van der Waals surface area contributed by atoms with Gasteiger partial charge in [-0.15, -0.1) is 0 Å². The van der Waals surface area contributed by atoms with Gasteiger partial charge in [0.05, 0.1) is 5.92 Å². The van der Waals surface area contributed by atoms with Crippen molar-refractivity contribution in [3.63, 3.8) is 0 Å². The van der Waals surface area contributed by atoms with E-state index in [0.717, 1.165) is 12.8 Å². The summed E-state index contributed by atoms with van der Waals surface area (Å²) in [5, 5.41) is 0. The van der Waals surface area contributed by atoms with Crippen molar-refractivity contribution in [3.05, 3.63) is 17.7 Å². The Morgan fingerprint density at radius 3 is 3.12 bits per heavy atom. The number of allylic oxidation sites excluding steroid dienone is 2. The van der Waals surface area contributed by atoms with Gasteiger partial charge in [0.15, 0.2) is 0 Å². The van der Waals surface area contributed by atoms with E-state index in [2.05, 4.69) is 16.9 Å². The lowest BCUT2D eigenvalue weighted by molar-refractivity contribution is -0.00157. The Morgan fingerprint density at radius 2 is 2.62 bits per heavy atom. The van der Waals surface area contributed by atoms with Gasteiger partial charge in [-0.2, -0.15) is 4.79 Å². The minimum absolute atomic E-state index is 0.389. The first-order valence-electron chi connectivity index (χ1n) is 2.77. The second-order valence-electron chi connectivity index (χ2n) is 1.93. The van der Waals surface area contributed by atoms with Crippen LogP contribution in [0.4, 0.5) is 0 Å². The third-order valence-corrected chi connectivity index (χ3v) is 1.31. The fourth-order valence-electron chi connectivity index (χ4n) is 0.866. The Labute approximate surface area is 48.5 Å². The first-order valence-corrected chi connectivity index (χ1v) is 2.77. The van der Waals surface area contributed by atoms with E-state index in [9.17, 15) is 0 Å². The standard InChI is InChI=1S/C6H8N2/c7-8-5-6-3-1-2-4-6/h1,3,5-6H,2,4H2. The molecule has 1 atom stereocenters. The van der Waals surface area contributed by atoms with Crippen LogP contribution in [0, 0.1) is 5.92 Å². The molecule has 0 aromatic heterocycles. The molecule has 42 valence electrons. The fraction of sp³-hybridized carbons (Fsp3) is 0.500. The van der Waals surface area contributed by atoms with Gasteiger partial charge in [0, 0.05) is 0 Å². The number of hydrogen-bond acceptors (Lipinski definition) is 0. The smallest absolute Gasteiger partial charge is 0.264 e. The highest BCUT2D eigenvalue weighted by Gasteiger charge is 2.08. The maximum atomic E-state index is 8.06. The van der Waals surface area contributed by atoms with Gasteiger partial charge in [0.1, 0.15) is 0 Å². The minimum atomic E-state index is 0.389. The Balaban J connectivity index is 2.48. The average molecular weight is 108 g/mol. The Bertz CT molecular complexity index is 143. The van der Waals surface area contributed by atoms with Gasteiger partial charge >= 0.3 is 0 Å². The maximum absolute atomic E-state index is 8.06. The normalized spacial score (nSPS) is 25.2. The highest BCUT2D eigenvalue weighted by Crippen LogP contribution is 2.13. The minimum Gasteiger partial charge on any atom is -0.362 e. The summed E-state index contributed by atoms with van der Waals surface area (Å²) in [6, 6.07) is 0. The summed E-state index contributed by atoms with van der Waals surface area (Å²) in [5.41, 5.74) is 8.06. The molecule has 2 heteroatoms. The average Bonchev–Trinajstić information content (AvgIpc) is 2.19. The van der Waals surface area contributed by atoms with Gasteiger partial charge in [0.25, 0.3) is 6.21 Å². The van der Waals surface area contributed by atoms with Gasteiger partial charge in [0.2, 0.25) is 0 Å². The van der Waals surface area contributed by atoms with Crippen molar-refractivity contribution in [3.8, 4) is 0 Å². The van der Waals surface area contributed by atoms with Gasteiger partial charge in [-0.1, -0.05) is 12.2 Å². The zero-order chi connectivity index (χ0) is 5.82. The molecule has 0 N–H and O–H groups in total. The molecule has 0 spiro atoms. The van der Waals surface area contributed by atoms with Crippen LogP contribution in [-0.2, 0) is 0 Å². The van der Waals surface area contributed by atoms with Crippen molar-refractivity contribution in [1.29, 1.82) is 0 Å². The van der Waals surface area contributed by atoms with E-state index in [1.807, 2.05) is 0 Å². The third-order valence-electron chi connectivity index (χ3n) is 1.31. The quantitative estimate of drug-likeness (QED) is 0.210. The first kappa shape index (κ1) is 5.26. The lowest BCUT2D eigenvalue weighted by Gasteiger charge is -1.85. The van der Waals surface area contributed by atoms with Gasteiger partial charge in [-0.3, -0.25) is 0 Å². The highest BCUT2D eigenvalue weighted by atomic mass is 14.8. The van der Waals surface area contributed by atoms with Crippen LogP contribution in [-0.4, -0.2) is 11.0 Å². The molecule has 0 saturated heterocycles. The van der Waals surface area contributed by atoms with E-state index in [-0.39, 0.29) is 0 Å². The van der Waals surface area contributed by atoms with Gasteiger partial charge < -0.3 is 5.53 Å². The molecule has 0 aromatic carbocycles. The van der Waals surface area contributed by atoms with Gasteiger partial charge in [-0.25, -0.2) is 0 Å². The third kappa shape index (κ3) is 1.04. The molecular weight excluding hydrogens is 100 g/mol. The van der Waals surface area contributed by atoms with Gasteiger partial charge in [-0.05, 0) is 12.8 Å². The summed E-state index contributed by atoms with van der Waals surface area (Å²) in [6.45, 7) is 0. The van der Waals surface area contributed by atoms with Crippen LogP contribution in [0.15, 0.2) is 12.2 Å². The topological polar surface area (TPSA) is 36.4 Å². The number of rotatable bonds is 1. The summed E-state index contributed by atoms with van der Waals surface area (Å²) in [4.78, 5) is 2.94. The largest absolute Gasteiger partial charge is 0.362 e. The van der Waals surface area contributed by atoms with Crippen molar-refractivity contribution in [2.24, 2.45) is 5.92 Å². The SMILES string of the molecule is [N-]=[N+]=CC1C=CCC1. The number of nitrogens with zero attached hydrogens (tertiary/aromatic N) is 2. The molecule has 0 aromatic rings. The van der Waals surface area contributed by atoms with Crippen LogP contribution >= 0.6 is 0 Å². The fourth-order valence-corrected chi connectivity index (χ4v) is 0.866. The van der Waals surface area contributed by atoms with Crippen LogP contribution in [0.5, 0.6) is 0 Å². The Kier molecular flexibility index (Phi) is 1.60.